The normalized spacial score (nSPS) is 10.4. The van der Waals surface area contributed by atoms with Crippen LogP contribution in [0.2, 0.25) is 0 Å². The van der Waals surface area contributed by atoms with Crippen LogP contribution in [0.3, 0.4) is 0 Å². The van der Waals surface area contributed by atoms with Gasteiger partial charge in [0.25, 0.3) is 0 Å². The minimum Gasteiger partial charge on any atom is -0.516 e. The van der Waals surface area contributed by atoms with Gasteiger partial charge < -0.3 is 29.2 Å². The van der Waals surface area contributed by atoms with E-state index in [1.54, 1.807) is 37.3 Å². The molecule has 0 aliphatic carbocycles. The molecule has 29 heavy (non-hydrogen) atoms. The molecule has 1 aromatic heterocycles. The highest BCUT2D eigenvalue weighted by Crippen LogP contribution is 2.31. The van der Waals surface area contributed by atoms with Gasteiger partial charge in [0.1, 0.15) is 34.0 Å². The fourth-order valence-corrected chi connectivity index (χ4v) is 2.39. The lowest BCUT2D eigenvalue weighted by molar-refractivity contribution is -0.139. The number of phenols is 1. The lowest BCUT2D eigenvalue weighted by Crippen LogP contribution is -2.09. The third kappa shape index (κ3) is 5.52. The molecule has 3 N–H and O–H groups in total. The minimum absolute atomic E-state index is 0.00526. The van der Waals surface area contributed by atoms with Gasteiger partial charge in [-0.05, 0) is 19.1 Å². The molecule has 0 amide bonds. The summed E-state index contributed by atoms with van der Waals surface area (Å²) in [4.78, 5) is 22.9. The van der Waals surface area contributed by atoms with Crippen molar-refractivity contribution in [3.8, 4) is 28.6 Å². The summed E-state index contributed by atoms with van der Waals surface area (Å²) in [5, 5.41) is 26.4. The number of allylic oxidation sites excluding steroid dienone is 1. The Morgan fingerprint density at radius 2 is 1.90 bits per heavy atom. The second-order valence-corrected chi connectivity index (χ2v) is 5.69. The van der Waals surface area contributed by atoms with Gasteiger partial charge in [0.2, 0.25) is 0 Å². The van der Waals surface area contributed by atoms with Gasteiger partial charge in [-0.25, -0.2) is 4.79 Å². The summed E-state index contributed by atoms with van der Waals surface area (Å²) in [5.74, 6) is -0.541. The second-order valence-electron chi connectivity index (χ2n) is 5.69. The van der Waals surface area contributed by atoms with Crippen LogP contribution in [-0.2, 0) is 4.79 Å². The summed E-state index contributed by atoms with van der Waals surface area (Å²) in [6.45, 7) is 1.17. The summed E-state index contributed by atoms with van der Waals surface area (Å²) >= 11 is 0. The molecule has 3 rings (SSSR count). The zero-order chi connectivity index (χ0) is 21.4. The maximum absolute atomic E-state index is 12.3. The van der Waals surface area contributed by atoms with E-state index in [9.17, 15) is 14.7 Å². The minimum atomic E-state index is -1.16. The molecule has 0 unspecified atom stereocenters. The number of benzene rings is 2. The van der Waals surface area contributed by atoms with Crippen LogP contribution >= 0.6 is 0 Å². The Morgan fingerprint density at radius 3 is 2.52 bits per heavy atom. The first-order valence-electron chi connectivity index (χ1n) is 8.44. The van der Waals surface area contributed by atoms with E-state index in [2.05, 4.69) is 0 Å². The molecule has 2 aromatic carbocycles. The molecule has 0 saturated carbocycles. The van der Waals surface area contributed by atoms with Crippen LogP contribution in [0.4, 0.5) is 0 Å². The number of methoxy groups -OCH3 is 1. The van der Waals surface area contributed by atoms with Gasteiger partial charge in [-0.1, -0.05) is 18.2 Å². The Hall–Kier alpha value is -3.94. The maximum atomic E-state index is 12.3. The van der Waals surface area contributed by atoms with Crippen LogP contribution in [0.25, 0.3) is 22.3 Å². The largest absolute Gasteiger partial charge is 0.516 e. The third-order valence-corrected chi connectivity index (χ3v) is 3.65. The number of aliphatic carboxylic acids is 1. The van der Waals surface area contributed by atoms with Crippen LogP contribution in [0.15, 0.2) is 64.0 Å². The van der Waals surface area contributed by atoms with Crippen molar-refractivity contribution in [1.29, 1.82) is 0 Å². The highest BCUT2D eigenvalue weighted by Gasteiger charge is 2.14. The molecule has 3 aromatic rings. The summed E-state index contributed by atoms with van der Waals surface area (Å²) < 4.78 is 15.9. The molecule has 0 atom stereocenters. The zero-order valence-corrected chi connectivity index (χ0v) is 15.8. The van der Waals surface area contributed by atoms with Crippen LogP contribution < -0.4 is 14.9 Å². The summed E-state index contributed by atoms with van der Waals surface area (Å²) in [6, 6.07) is 10.8. The standard InChI is InChI=1S/C18H14O7.C3H6O/c1-23-11-4-2-3-10(5-11)15-8-14(20)18-13(19)6-12(7-16(18)25-15)24-9-17(21)22;1-2-3-4/h2-8,19H,9H2,1H3,(H,21,22);2-4H,1H3. The lowest BCUT2D eigenvalue weighted by Gasteiger charge is -2.08. The molecule has 0 bridgehead atoms. The number of aliphatic hydroxyl groups excluding tert-OH is 1. The van der Waals surface area contributed by atoms with E-state index >= 15 is 0 Å². The van der Waals surface area contributed by atoms with Gasteiger partial charge in [0.15, 0.2) is 12.0 Å². The highest BCUT2D eigenvalue weighted by atomic mass is 16.5. The molecule has 0 aliphatic rings. The van der Waals surface area contributed by atoms with E-state index in [0.29, 0.717) is 11.3 Å². The maximum Gasteiger partial charge on any atom is 0.341 e. The Morgan fingerprint density at radius 1 is 1.17 bits per heavy atom. The molecule has 0 spiro atoms. The Labute approximate surface area is 165 Å². The molecular weight excluding hydrogens is 380 g/mol. The van der Waals surface area contributed by atoms with E-state index in [1.807, 2.05) is 0 Å². The van der Waals surface area contributed by atoms with Crippen molar-refractivity contribution in [1.82, 2.24) is 0 Å². The number of aliphatic hydroxyl groups is 1. The number of carboxylic acid groups (broad SMARTS) is 1. The first kappa shape index (κ1) is 21.4. The summed E-state index contributed by atoms with van der Waals surface area (Å²) in [5.41, 5.74) is 0.279. The Kier molecular flexibility index (Phi) is 7.25. The van der Waals surface area contributed by atoms with Gasteiger partial charge in [-0.15, -0.1) is 0 Å². The van der Waals surface area contributed by atoms with Crippen molar-refractivity contribution >= 4 is 16.9 Å². The van der Waals surface area contributed by atoms with Crippen molar-refractivity contribution in [2.75, 3.05) is 13.7 Å². The topological polar surface area (TPSA) is 126 Å². The number of phenolic OH excluding ortho intramolecular Hbond substituents is 1. The van der Waals surface area contributed by atoms with Gasteiger partial charge in [0, 0.05) is 23.8 Å². The smallest absolute Gasteiger partial charge is 0.341 e. The molecule has 8 nitrogen and oxygen atoms in total. The van der Waals surface area contributed by atoms with Crippen molar-refractivity contribution in [2.45, 2.75) is 6.92 Å². The predicted molar refractivity (Wildman–Crippen MR) is 107 cm³/mol. The van der Waals surface area contributed by atoms with Crippen LogP contribution in [0.5, 0.6) is 17.2 Å². The summed E-state index contributed by atoms with van der Waals surface area (Å²) in [7, 11) is 1.53. The van der Waals surface area contributed by atoms with Crippen molar-refractivity contribution < 1.29 is 34.0 Å². The molecule has 152 valence electrons. The lowest BCUT2D eigenvalue weighted by atomic mass is 10.1. The first-order valence-corrected chi connectivity index (χ1v) is 8.44. The molecule has 1 heterocycles. The van der Waals surface area contributed by atoms with Crippen LogP contribution in [0.1, 0.15) is 6.92 Å². The average Bonchev–Trinajstić information content (AvgIpc) is 2.71. The number of fused-ring (bicyclic) bond motifs is 1. The number of hydrogen-bond acceptors (Lipinski definition) is 7. The monoisotopic (exact) mass is 400 g/mol. The van der Waals surface area contributed by atoms with Crippen LogP contribution in [-0.4, -0.2) is 35.0 Å². The average molecular weight is 400 g/mol. The van der Waals surface area contributed by atoms with E-state index in [0.717, 1.165) is 6.26 Å². The molecule has 0 radical (unpaired) electrons. The quantitative estimate of drug-likeness (QED) is 0.553. The van der Waals surface area contributed by atoms with E-state index in [4.69, 9.17) is 24.1 Å². The Balaban J connectivity index is 0.000000687. The Bertz CT molecular complexity index is 1080. The SMILES string of the molecule is CC=CO.COc1cccc(-c2cc(=O)c3c(O)cc(OCC(=O)O)cc3o2)c1. The fraction of sp³-hybridized carbons (Fsp3) is 0.143. The summed E-state index contributed by atoms with van der Waals surface area (Å²) in [6.07, 6.45) is 2.56. The van der Waals surface area contributed by atoms with Gasteiger partial charge in [-0.3, -0.25) is 4.79 Å². The number of ether oxygens (including phenoxy) is 2. The van der Waals surface area contributed by atoms with E-state index in [1.165, 1.54) is 25.3 Å². The number of aromatic hydroxyl groups is 1. The van der Waals surface area contributed by atoms with Crippen molar-refractivity contribution in [2.24, 2.45) is 0 Å². The fourth-order valence-electron chi connectivity index (χ4n) is 2.39. The first-order chi connectivity index (χ1) is 13.9. The number of hydrogen-bond donors (Lipinski definition) is 3. The van der Waals surface area contributed by atoms with Gasteiger partial charge in [-0.2, -0.15) is 0 Å². The molecule has 0 fully saturated rings. The third-order valence-electron chi connectivity index (χ3n) is 3.65. The molecule has 8 heteroatoms. The van der Waals surface area contributed by atoms with Crippen LogP contribution in [0, 0.1) is 0 Å². The number of carbonyl (C=O) groups is 1. The highest BCUT2D eigenvalue weighted by molar-refractivity contribution is 5.86. The molecular formula is C21H20O8. The van der Waals surface area contributed by atoms with Gasteiger partial charge >= 0.3 is 5.97 Å². The number of rotatable bonds is 5. The predicted octanol–water partition coefficient (Wildman–Crippen LogP) is 3.72. The van der Waals surface area contributed by atoms with E-state index in [-0.39, 0.29) is 28.2 Å². The molecule has 0 saturated heterocycles. The van der Waals surface area contributed by atoms with Gasteiger partial charge in [0.05, 0.1) is 13.4 Å². The number of carboxylic acids is 1. The van der Waals surface area contributed by atoms with Crippen molar-refractivity contribution in [3.05, 3.63) is 65.0 Å². The van der Waals surface area contributed by atoms with E-state index < -0.39 is 18.0 Å². The molecule has 0 aliphatic heterocycles. The second kappa shape index (κ2) is 9.84. The zero-order valence-electron chi connectivity index (χ0n) is 15.8. The van der Waals surface area contributed by atoms with Crippen molar-refractivity contribution in [3.63, 3.8) is 0 Å².